The van der Waals surface area contributed by atoms with Crippen LogP contribution in [0, 0.1) is 13.8 Å². The van der Waals surface area contributed by atoms with Crippen LogP contribution >= 0.6 is 0 Å². The molecule has 0 amide bonds. The van der Waals surface area contributed by atoms with Gasteiger partial charge in [-0.25, -0.2) is 4.98 Å². The molecule has 5 aromatic heterocycles. The summed E-state index contributed by atoms with van der Waals surface area (Å²) in [6, 6.07) is 79.7. The van der Waals surface area contributed by atoms with E-state index in [9.17, 15) is 0 Å². The van der Waals surface area contributed by atoms with Gasteiger partial charge in [-0.3, -0.25) is 8.97 Å². The van der Waals surface area contributed by atoms with Gasteiger partial charge in [-0.05, 0) is 139 Å². The maximum atomic E-state index is 5.46. The summed E-state index contributed by atoms with van der Waals surface area (Å²) in [6.07, 6.45) is 0. The second kappa shape index (κ2) is 14.2. The fraction of sp³-hybridized carbons (Fsp3) is 0.0317. The maximum Gasteiger partial charge on any atom is 0.220 e. The van der Waals surface area contributed by atoms with Crippen molar-refractivity contribution in [2.45, 2.75) is 13.8 Å². The molecule has 10 aromatic carbocycles. The lowest BCUT2D eigenvalue weighted by Gasteiger charge is -2.13. The number of rotatable bonds is 5. The zero-order valence-electron chi connectivity index (χ0n) is 38.0. The van der Waals surface area contributed by atoms with E-state index < -0.39 is 0 Å². The number of aromatic nitrogens is 6. The zero-order valence-corrected chi connectivity index (χ0v) is 38.0. The van der Waals surface area contributed by atoms with E-state index in [-0.39, 0.29) is 0 Å². The second-order valence-electron chi connectivity index (χ2n) is 18.5. The van der Waals surface area contributed by atoms with Crippen molar-refractivity contribution in [1.82, 2.24) is 27.7 Å². The van der Waals surface area contributed by atoms with E-state index in [0.717, 1.165) is 56.1 Å². The Morgan fingerprint density at radius 1 is 0.333 bits per heavy atom. The molecule has 15 rings (SSSR count). The van der Waals surface area contributed by atoms with Crippen LogP contribution in [0.15, 0.2) is 218 Å². The topological polar surface area (TPSA) is 37.0 Å². The summed E-state index contributed by atoms with van der Waals surface area (Å²) in [7, 11) is 0. The van der Waals surface area contributed by atoms with Gasteiger partial charge in [0.05, 0.1) is 55.2 Å². The number of nitrogens with zero attached hydrogens (tertiary/aromatic N) is 6. The lowest BCUT2D eigenvalue weighted by Crippen LogP contribution is -1.97. The van der Waals surface area contributed by atoms with Crippen LogP contribution in [0.1, 0.15) is 11.1 Å². The lowest BCUT2D eigenvalue weighted by atomic mass is 9.98. The number of para-hydroxylation sites is 6. The smallest absolute Gasteiger partial charge is 0.220 e. The third-order valence-corrected chi connectivity index (χ3v) is 14.6. The van der Waals surface area contributed by atoms with Crippen molar-refractivity contribution in [3.8, 4) is 33.9 Å². The van der Waals surface area contributed by atoms with Gasteiger partial charge in [-0.15, -0.1) is 0 Å². The van der Waals surface area contributed by atoms with Crippen LogP contribution in [0.2, 0.25) is 0 Å². The molecule has 69 heavy (non-hydrogen) atoms. The van der Waals surface area contributed by atoms with Crippen LogP contribution < -0.4 is 0 Å². The minimum Gasteiger partial charge on any atom is -0.309 e. The van der Waals surface area contributed by atoms with Crippen LogP contribution in [0.4, 0.5) is 0 Å². The quantitative estimate of drug-likeness (QED) is 0.170. The highest BCUT2D eigenvalue weighted by molar-refractivity contribution is 6.29. The first kappa shape index (κ1) is 38.0. The van der Waals surface area contributed by atoms with Crippen LogP contribution in [-0.4, -0.2) is 27.7 Å². The molecule has 0 aliphatic carbocycles. The highest BCUT2D eigenvalue weighted by Crippen LogP contribution is 2.44. The normalized spacial score (nSPS) is 12.2. The Balaban J connectivity index is 0.945. The molecule has 6 nitrogen and oxygen atoms in total. The van der Waals surface area contributed by atoms with Crippen molar-refractivity contribution in [1.29, 1.82) is 0 Å². The predicted octanol–water partition coefficient (Wildman–Crippen LogP) is 16.0. The van der Waals surface area contributed by atoms with Crippen molar-refractivity contribution in [2.24, 2.45) is 0 Å². The first-order valence-corrected chi connectivity index (χ1v) is 23.7. The van der Waals surface area contributed by atoms with Crippen molar-refractivity contribution in [3.63, 3.8) is 0 Å². The molecule has 324 valence electrons. The molecule has 0 fully saturated rings. The second-order valence-corrected chi connectivity index (χ2v) is 18.5. The number of aryl methyl sites for hydroxylation is 2. The average Bonchev–Trinajstić information content (AvgIpc) is 4.19. The Kier molecular flexibility index (Phi) is 7.82. The maximum absolute atomic E-state index is 5.46. The fourth-order valence-corrected chi connectivity index (χ4v) is 11.8. The van der Waals surface area contributed by atoms with Gasteiger partial charge >= 0.3 is 0 Å². The van der Waals surface area contributed by atoms with E-state index in [0.29, 0.717) is 0 Å². The molecule has 6 heteroatoms. The van der Waals surface area contributed by atoms with E-state index in [1.807, 2.05) is 0 Å². The van der Waals surface area contributed by atoms with Crippen LogP contribution in [0.3, 0.4) is 0 Å². The van der Waals surface area contributed by atoms with Crippen LogP contribution in [0.5, 0.6) is 0 Å². The van der Waals surface area contributed by atoms with Crippen LogP contribution in [0.25, 0.3) is 127 Å². The van der Waals surface area contributed by atoms with Gasteiger partial charge in [-0.2, -0.15) is 0 Å². The predicted molar refractivity (Wildman–Crippen MR) is 287 cm³/mol. The van der Waals surface area contributed by atoms with Crippen molar-refractivity contribution in [3.05, 3.63) is 230 Å². The van der Waals surface area contributed by atoms with Gasteiger partial charge in [0.15, 0.2) is 0 Å². The van der Waals surface area contributed by atoms with E-state index in [4.69, 9.17) is 4.98 Å². The zero-order chi connectivity index (χ0) is 45.5. The molecule has 15 aromatic rings. The molecule has 0 unspecified atom stereocenters. The minimum absolute atomic E-state index is 0.889. The summed E-state index contributed by atoms with van der Waals surface area (Å²) in [5.41, 5.74) is 20.7. The Hall–Kier alpha value is -9.13. The van der Waals surface area contributed by atoms with Gasteiger partial charge in [0, 0.05) is 55.1 Å². The van der Waals surface area contributed by atoms with Gasteiger partial charge in [-0.1, -0.05) is 115 Å². The summed E-state index contributed by atoms with van der Waals surface area (Å²) >= 11 is 0. The average molecular weight is 883 g/mol. The summed E-state index contributed by atoms with van der Waals surface area (Å²) in [5.74, 6) is 0.889. The summed E-state index contributed by atoms with van der Waals surface area (Å²) in [6.45, 7) is 4.42. The summed E-state index contributed by atoms with van der Waals surface area (Å²) in [4.78, 5) is 5.46. The Bertz CT molecular complexity index is 4610. The standard InChI is InChI=1S/C63H42N6/c1-39-16-15-21-44(36-39)66-57-35-34-56-59(49-23-10-12-25-53(49)65(56)42-17-5-3-6-18-42)60(57)50-30-28-41(38-58(50)66)46-31-29-45(37-40(46)2)68-54-26-13-14-27-55(54)69-62-51(64-63(68)69)33-32-48-47-22-9-11-24-52(47)67(61(48)62)43-19-7-4-8-20-43/h3-38H,1-2H3. The fourth-order valence-electron chi connectivity index (χ4n) is 11.8. The van der Waals surface area contributed by atoms with Crippen LogP contribution in [-0.2, 0) is 0 Å². The molecule has 0 saturated heterocycles. The first-order chi connectivity index (χ1) is 34.1. The SMILES string of the molecule is Cc1cccc(-n2c3cc(-c4ccc(-n5c6ccccc6n6c7c(ccc8c9ccccc9n(-c9ccccc9)c87)nc56)cc4C)ccc3c3c4c5ccccc5n(-c5ccccc5)c4ccc32)c1. The van der Waals surface area contributed by atoms with Gasteiger partial charge in [0.1, 0.15) is 0 Å². The molecule has 0 saturated carbocycles. The molecule has 0 radical (unpaired) electrons. The third-order valence-electron chi connectivity index (χ3n) is 14.6. The summed E-state index contributed by atoms with van der Waals surface area (Å²) < 4.78 is 12.0. The highest BCUT2D eigenvalue weighted by atomic mass is 15.2. The van der Waals surface area contributed by atoms with Gasteiger partial charge in [0.2, 0.25) is 5.78 Å². The van der Waals surface area contributed by atoms with E-state index in [2.05, 4.69) is 255 Å². The Labute approximate surface area is 396 Å². The molecule has 0 N–H and O–H groups in total. The number of imidazole rings is 2. The van der Waals surface area contributed by atoms with Gasteiger partial charge < -0.3 is 13.7 Å². The van der Waals surface area contributed by atoms with Crippen molar-refractivity contribution >= 4 is 93.3 Å². The molecule has 0 atom stereocenters. The van der Waals surface area contributed by atoms with Gasteiger partial charge in [0.25, 0.3) is 0 Å². The molecule has 5 heterocycles. The minimum atomic E-state index is 0.889. The van der Waals surface area contributed by atoms with E-state index >= 15 is 0 Å². The monoisotopic (exact) mass is 882 g/mol. The number of benzene rings is 10. The molecule has 0 aliphatic heterocycles. The van der Waals surface area contributed by atoms with E-state index in [1.54, 1.807) is 0 Å². The summed E-state index contributed by atoms with van der Waals surface area (Å²) in [5, 5.41) is 7.47. The third kappa shape index (κ3) is 5.28. The molecule has 0 aliphatic rings. The number of fused-ring (bicyclic) bond motifs is 16. The molecular formula is C63H42N6. The number of hydrogen-bond donors (Lipinski definition) is 0. The highest BCUT2D eigenvalue weighted by Gasteiger charge is 2.25. The molecular weight excluding hydrogens is 841 g/mol. The Morgan fingerprint density at radius 3 is 1.64 bits per heavy atom. The van der Waals surface area contributed by atoms with Crippen molar-refractivity contribution < 1.29 is 0 Å². The molecule has 0 bridgehead atoms. The first-order valence-electron chi connectivity index (χ1n) is 23.7. The molecule has 0 spiro atoms. The largest absolute Gasteiger partial charge is 0.309 e. The van der Waals surface area contributed by atoms with E-state index in [1.165, 1.54) is 82.2 Å². The van der Waals surface area contributed by atoms with Crippen molar-refractivity contribution in [2.75, 3.05) is 0 Å². The number of hydrogen-bond acceptors (Lipinski definition) is 1. The lowest BCUT2D eigenvalue weighted by molar-refractivity contribution is 1.10. The Morgan fingerprint density at radius 2 is 0.913 bits per heavy atom.